The van der Waals surface area contributed by atoms with E-state index < -0.39 is 0 Å². The Bertz CT molecular complexity index is 764. The van der Waals surface area contributed by atoms with E-state index in [0.29, 0.717) is 16.6 Å². The molecule has 3 rings (SSSR count). The van der Waals surface area contributed by atoms with Crippen molar-refractivity contribution in [2.75, 3.05) is 7.11 Å². The first-order valence-corrected chi connectivity index (χ1v) is 7.00. The van der Waals surface area contributed by atoms with Crippen molar-refractivity contribution in [2.24, 2.45) is 0 Å². The van der Waals surface area contributed by atoms with Crippen LogP contribution >= 0.6 is 23.2 Å². The maximum absolute atomic E-state index is 6.24. The minimum Gasteiger partial charge on any atom is -0.497 e. The Kier molecular flexibility index (Phi) is 3.60. The van der Waals surface area contributed by atoms with Gasteiger partial charge < -0.3 is 9.30 Å². The van der Waals surface area contributed by atoms with Crippen LogP contribution in [0.15, 0.2) is 48.7 Å². The minimum atomic E-state index is 0.585. The Morgan fingerprint density at radius 2 is 1.95 bits per heavy atom. The van der Waals surface area contributed by atoms with E-state index in [2.05, 4.69) is 10.6 Å². The van der Waals surface area contributed by atoms with Crippen molar-refractivity contribution < 1.29 is 4.74 Å². The first-order chi connectivity index (χ1) is 9.69. The van der Waals surface area contributed by atoms with Gasteiger partial charge in [-0.3, -0.25) is 0 Å². The molecule has 0 radical (unpaired) electrons. The van der Waals surface area contributed by atoms with E-state index in [-0.39, 0.29) is 0 Å². The summed E-state index contributed by atoms with van der Waals surface area (Å²) in [7, 11) is 1.67. The van der Waals surface area contributed by atoms with Crippen LogP contribution in [0.2, 0.25) is 10.0 Å². The molecule has 0 saturated carbocycles. The van der Waals surface area contributed by atoms with E-state index >= 15 is 0 Å². The molecule has 1 aromatic heterocycles. The molecule has 0 unspecified atom stereocenters. The zero-order valence-electron chi connectivity index (χ0n) is 10.9. The molecule has 2 aromatic carbocycles. The number of methoxy groups -OCH3 is 1. The number of fused-ring (bicyclic) bond motifs is 1. The van der Waals surface area contributed by atoms with Gasteiger partial charge in [0.1, 0.15) is 5.75 Å². The summed E-state index contributed by atoms with van der Waals surface area (Å²) in [6.45, 7) is 0.690. The predicted octanol–water partition coefficient (Wildman–Crippen LogP) is 5.01. The zero-order chi connectivity index (χ0) is 14.1. The first kappa shape index (κ1) is 13.3. The molecule has 0 N–H and O–H groups in total. The van der Waals surface area contributed by atoms with Crippen LogP contribution in [0.4, 0.5) is 0 Å². The van der Waals surface area contributed by atoms with Crippen LogP contribution in [0.1, 0.15) is 5.56 Å². The summed E-state index contributed by atoms with van der Waals surface area (Å²) in [5.41, 5.74) is 2.15. The Morgan fingerprint density at radius 3 is 2.75 bits per heavy atom. The van der Waals surface area contributed by atoms with Gasteiger partial charge in [-0.05, 0) is 35.9 Å². The molecule has 20 heavy (non-hydrogen) atoms. The van der Waals surface area contributed by atoms with Gasteiger partial charge in [-0.1, -0.05) is 35.3 Å². The second-order valence-corrected chi connectivity index (χ2v) is 5.37. The molecule has 0 bridgehead atoms. The van der Waals surface area contributed by atoms with Gasteiger partial charge in [0, 0.05) is 23.6 Å². The van der Waals surface area contributed by atoms with E-state index in [1.54, 1.807) is 13.2 Å². The van der Waals surface area contributed by atoms with Gasteiger partial charge >= 0.3 is 0 Å². The molecule has 0 amide bonds. The number of ether oxygens (including phenoxy) is 1. The second kappa shape index (κ2) is 5.39. The van der Waals surface area contributed by atoms with Gasteiger partial charge in [0.25, 0.3) is 0 Å². The lowest BCUT2D eigenvalue weighted by Gasteiger charge is -2.09. The van der Waals surface area contributed by atoms with E-state index in [1.165, 1.54) is 0 Å². The average molecular weight is 306 g/mol. The Balaban J connectivity index is 2.01. The largest absolute Gasteiger partial charge is 0.497 e. The molecule has 0 spiro atoms. The fourth-order valence-corrected chi connectivity index (χ4v) is 2.68. The molecular weight excluding hydrogens is 293 g/mol. The molecule has 102 valence electrons. The third-order valence-corrected chi connectivity index (χ3v) is 4.21. The summed E-state index contributed by atoms with van der Waals surface area (Å²) in [5.74, 6) is 0.857. The molecule has 4 heteroatoms. The fraction of sp³-hybridized carbons (Fsp3) is 0.125. The topological polar surface area (TPSA) is 14.2 Å². The minimum absolute atomic E-state index is 0.585. The number of rotatable bonds is 3. The quantitative estimate of drug-likeness (QED) is 0.664. The lowest BCUT2D eigenvalue weighted by atomic mass is 10.2. The summed E-state index contributed by atoms with van der Waals surface area (Å²) < 4.78 is 7.38. The Labute approximate surface area is 127 Å². The standard InChI is InChI=1S/C16H13Cl2NO/c1-20-13-5-6-15-11(9-13)7-8-19(15)10-12-3-2-4-14(17)16(12)18/h2-9H,10H2,1H3. The molecular formula is C16H13Cl2NO. The maximum atomic E-state index is 6.24. The van der Waals surface area contributed by atoms with E-state index in [1.807, 2.05) is 36.5 Å². The summed E-state index contributed by atoms with van der Waals surface area (Å²) >= 11 is 12.3. The average Bonchev–Trinajstić information content (AvgIpc) is 2.86. The van der Waals surface area contributed by atoms with Crippen molar-refractivity contribution in [2.45, 2.75) is 6.54 Å². The highest BCUT2D eigenvalue weighted by Gasteiger charge is 2.07. The third-order valence-electron chi connectivity index (χ3n) is 3.35. The number of hydrogen-bond acceptors (Lipinski definition) is 1. The van der Waals surface area contributed by atoms with Crippen LogP contribution in [-0.2, 0) is 6.54 Å². The number of hydrogen-bond donors (Lipinski definition) is 0. The molecule has 0 saturated heterocycles. The summed E-state index contributed by atoms with van der Waals surface area (Å²) in [5, 5.41) is 2.34. The number of nitrogens with zero attached hydrogens (tertiary/aromatic N) is 1. The Morgan fingerprint density at radius 1 is 1.10 bits per heavy atom. The molecule has 0 aliphatic heterocycles. The maximum Gasteiger partial charge on any atom is 0.119 e. The van der Waals surface area contributed by atoms with Crippen molar-refractivity contribution in [1.82, 2.24) is 4.57 Å². The van der Waals surface area contributed by atoms with Gasteiger partial charge in [-0.15, -0.1) is 0 Å². The molecule has 1 heterocycles. The number of benzene rings is 2. The van der Waals surface area contributed by atoms with Crippen molar-refractivity contribution in [3.63, 3.8) is 0 Å². The zero-order valence-corrected chi connectivity index (χ0v) is 12.4. The molecule has 0 fully saturated rings. The van der Waals surface area contributed by atoms with Crippen LogP contribution in [-0.4, -0.2) is 11.7 Å². The fourth-order valence-electron chi connectivity index (χ4n) is 2.30. The molecule has 2 nitrogen and oxygen atoms in total. The number of aromatic nitrogens is 1. The van der Waals surface area contributed by atoms with Gasteiger partial charge in [-0.25, -0.2) is 0 Å². The highest BCUT2D eigenvalue weighted by molar-refractivity contribution is 6.42. The van der Waals surface area contributed by atoms with Crippen LogP contribution in [0.3, 0.4) is 0 Å². The van der Waals surface area contributed by atoms with E-state index in [9.17, 15) is 0 Å². The van der Waals surface area contributed by atoms with Gasteiger partial charge in [-0.2, -0.15) is 0 Å². The predicted molar refractivity (Wildman–Crippen MR) is 84.1 cm³/mol. The smallest absolute Gasteiger partial charge is 0.119 e. The van der Waals surface area contributed by atoms with Crippen molar-refractivity contribution in [1.29, 1.82) is 0 Å². The monoisotopic (exact) mass is 305 g/mol. The molecule has 0 atom stereocenters. The second-order valence-electron chi connectivity index (χ2n) is 4.58. The highest BCUT2D eigenvalue weighted by Crippen LogP contribution is 2.28. The lowest BCUT2D eigenvalue weighted by molar-refractivity contribution is 0.415. The van der Waals surface area contributed by atoms with Crippen LogP contribution in [0.25, 0.3) is 10.9 Å². The number of halogens is 2. The summed E-state index contributed by atoms with van der Waals surface area (Å²) in [6.07, 6.45) is 2.04. The van der Waals surface area contributed by atoms with Crippen molar-refractivity contribution in [3.05, 3.63) is 64.3 Å². The highest BCUT2D eigenvalue weighted by atomic mass is 35.5. The normalized spacial score (nSPS) is 10.9. The van der Waals surface area contributed by atoms with Crippen molar-refractivity contribution in [3.8, 4) is 5.75 Å². The van der Waals surface area contributed by atoms with E-state index in [0.717, 1.165) is 22.2 Å². The summed E-state index contributed by atoms with van der Waals surface area (Å²) in [6, 6.07) is 13.8. The summed E-state index contributed by atoms with van der Waals surface area (Å²) in [4.78, 5) is 0. The Hall–Kier alpha value is -1.64. The molecule has 0 aliphatic carbocycles. The molecule has 3 aromatic rings. The third kappa shape index (κ3) is 2.37. The van der Waals surface area contributed by atoms with Gasteiger partial charge in [0.2, 0.25) is 0 Å². The van der Waals surface area contributed by atoms with Crippen LogP contribution in [0, 0.1) is 0 Å². The first-order valence-electron chi connectivity index (χ1n) is 6.25. The SMILES string of the molecule is COc1ccc2c(ccn2Cc2cccc(Cl)c2Cl)c1. The lowest BCUT2D eigenvalue weighted by Crippen LogP contribution is -1.98. The van der Waals surface area contributed by atoms with E-state index in [4.69, 9.17) is 27.9 Å². The molecule has 0 aliphatic rings. The van der Waals surface area contributed by atoms with Crippen molar-refractivity contribution >= 4 is 34.1 Å². The van der Waals surface area contributed by atoms with Gasteiger partial charge in [0.15, 0.2) is 0 Å². The van der Waals surface area contributed by atoms with Gasteiger partial charge in [0.05, 0.1) is 17.2 Å². The van der Waals surface area contributed by atoms with Crippen LogP contribution in [0.5, 0.6) is 5.75 Å². The van der Waals surface area contributed by atoms with Crippen LogP contribution < -0.4 is 4.74 Å².